The summed E-state index contributed by atoms with van der Waals surface area (Å²) in [6.45, 7) is 8.21. The highest BCUT2D eigenvalue weighted by Gasteiger charge is 2.25. The van der Waals surface area contributed by atoms with Crippen molar-refractivity contribution >= 4 is 11.7 Å². The Morgan fingerprint density at radius 3 is 2.46 bits per heavy atom. The van der Waals surface area contributed by atoms with E-state index in [2.05, 4.69) is 18.2 Å². The minimum atomic E-state index is -0.471. The maximum atomic E-state index is 12.3. The van der Waals surface area contributed by atoms with Gasteiger partial charge in [-0.15, -0.1) is 0 Å². The molecule has 0 atom stereocenters. The van der Waals surface area contributed by atoms with Gasteiger partial charge in [-0.25, -0.2) is 4.79 Å². The fourth-order valence-corrected chi connectivity index (χ4v) is 2.84. The molecule has 0 saturated carbocycles. The first-order valence-electron chi connectivity index (χ1n) is 8.43. The van der Waals surface area contributed by atoms with E-state index in [9.17, 15) is 4.79 Å². The van der Waals surface area contributed by atoms with Gasteiger partial charge in [0.05, 0.1) is 13.2 Å². The number of hydrogen-bond acceptors (Lipinski definition) is 4. The van der Waals surface area contributed by atoms with Gasteiger partial charge >= 0.3 is 6.09 Å². The normalized spacial score (nSPS) is 19.3. The van der Waals surface area contributed by atoms with Crippen molar-refractivity contribution in [3.63, 3.8) is 0 Å². The van der Waals surface area contributed by atoms with Gasteiger partial charge < -0.3 is 19.1 Å². The third kappa shape index (κ3) is 4.16. The lowest BCUT2D eigenvalue weighted by Crippen LogP contribution is -2.39. The van der Waals surface area contributed by atoms with Crippen LogP contribution in [0.4, 0.5) is 4.79 Å². The molecule has 130 valence electrons. The van der Waals surface area contributed by atoms with Crippen molar-refractivity contribution in [1.82, 2.24) is 4.90 Å². The Kier molecular flexibility index (Phi) is 4.92. The van der Waals surface area contributed by atoms with Gasteiger partial charge in [0.1, 0.15) is 5.60 Å². The number of rotatable bonds is 2. The predicted molar refractivity (Wildman–Crippen MR) is 91.5 cm³/mol. The number of carbonyl (C=O) groups is 1. The van der Waals surface area contributed by atoms with E-state index in [0.717, 1.165) is 23.1 Å². The van der Waals surface area contributed by atoms with Crippen molar-refractivity contribution in [2.75, 3.05) is 26.3 Å². The summed E-state index contributed by atoms with van der Waals surface area (Å²) in [7, 11) is 0. The Morgan fingerprint density at radius 2 is 1.83 bits per heavy atom. The minimum absolute atomic E-state index is 0.252. The fourth-order valence-electron chi connectivity index (χ4n) is 2.84. The molecule has 2 aliphatic heterocycles. The molecule has 5 nitrogen and oxygen atoms in total. The first-order valence-corrected chi connectivity index (χ1v) is 8.43. The smallest absolute Gasteiger partial charge is 0.410 e. The Bertz CT molecular complexity index is 609. The van der Waals surface area contributed by atoms with Crippen LogP contribution in [-0.2, 0) is 14.2 Å². The Morgan fingerprint density at radius 1 is 1.17 bits per heavy atom. The molecule has 0 aromatic heterocycles. The average molecular weight is 331 g/mol. The molecule has 0 bridgehead atoms. The van der Waals surface area contributed by atoms with E-state index in [-0.39, 0.29) is 12.4 Å². The summed E-state index contributed by atoms with van der Waals surface area (Å²) in [5.41, 5.74) is 2.81. The molecule has 5 heteroatoms. The monoisotopic (exact) mass is 331 g/mol. The van der Waals surface area contributed by atoms with Crippen LogP contribution in [0, 0.1) is 0 Å². The zero-order valence-electron chi connectivity index (χ0n) is 14.6. The predicted octanol–water partition coefficient (Wildman–Crippen LogP) is 3.76. The lowest BCUT2D eigenvalue weighted by Gasteiger charge is -2.30. The average Bonchev–Trinajstić information content (AvgIpc) is 3.08. The molecule has 3 rings (SSSR count). The molecule has 1 aromatic rings. The van der Waals surface area contributed by atoms with Gasteiger partial charge in [-0.3, -0.25) is 0 Å². The van der Waals surface area contributed by atoms with Crippen LogP contribution in [0.2, 0.25) is 0 Å². The lowest BCUT2D eigenvalue weighted by molar-refractivity contribution is -0.0441. The van der Waals surface area contributed by atoms with Gasteiger partial charge in [0.15, 0.2) is 6.29 Å². The van der Waals surface area contributed by atoms with Crippen molar-refractivity contribution in [3.05, 3.63) is 41.5 Å². The second kappa shape index (κ2) is 6.95. The molecular weight excluding hydrogens is 306 g/mol. The molecule has 0 aliphatic carbocycles. The van der Waals surface area contributed by atoms with Crippen LogP contribution in [0.25, 0.3) is 5.57 Å². The molecule has 24 heavy (non-hydrogen) atoms. The molecule has 1 saturated heterocycles. The van der Waals surface area contributed by atoms with Crippen LogP contribution in [0.5, 0.6) is 0 Å². The molecule has 1 fully saturated rings. The maximum Gasteiger partial charge on any atom is 0.410 e. The second-order valence-electron chi connectivity index (χ2n) is 7.12. The third-order valence-corrected chi connectivity index (χ3v) is 3.98. The third-order valence-electron chi connectivity index (χ3n) is 3.98. The summed E-state index contributed by atoms with van der Waals surface area (Å²) in [6, 6.07) is 8.17. The second-order valence-corrected chi connectivity index (χ2v) is 7.12. The molecule has 0 radical (unpaired) electrons. The molecular formula is C19H25NO4. The van der Waals surface area contributed by atoms with Crippen molar-refractivity contribution in [2.24, 2.45) is 0 Å². The topological polar surface area (TPSA) is 48.0 Å². The molecule has 0 spiro atoms. The molecule has 0 unspecified atom stereocenters. The van der Waals surface area contributed by atoms with Crippen LogP contribution in [0.3, 0.4) is 0 Å². The fraction of sp³-hybridized carbons (Fsp3) is 0.526. The highest BCUT2D eigenvalue weighted by atomic mass is 16.7. The Hall–Kier alpha value is -1.85. The largest absolute Gasteiger partial charge is 0.444 e. The highest BCUT2D eigenvalue weighted by molar-refractivity contribution is 5.75. The first-order chi connectivity index (χ1) is 11.4. The van der Waals surface area contributed by atoms with Gasteiger partial charge in [0, 0.05) is 18.7 Å². The van der Waals surface area contributed by atoms with E-state index < -0.39 is 5.60 Å². The van der Waals surface area contributed by atoms with Crippen LogP contribution >= 0.6 is 0 Å². The number of benzene rings is 1. The molecule has 0 N–H and O–H groups in total. The zero-order chi connectivity index (χ0) is 17.2. The van der Waals surface area contributed by atoms with Crippen LogP contribution < -0.4 is 0 Å². The summed E-state index contributed by atoms with van der Waals surface area (Å²) in [6.07, 6.45) is 2.53. The number of carbonyl (C=O) groups excluding carboxylic acids is 1. The quantitative estimate of drug-likeness (QED) is 0.828. The molecule has 1 amide bonds. The Balaban J connectivity index is 1.66. The van der Waals surface area contributed by atoms with Crippen molar-refractivity contribution < 1.29 is 19.0 Å². The van der Waals surface area contributed by atoms with E-state index >= 15 is 0 Å². The van der Waals surface area contributed by atoms with Crippen LogP contribution in [-0.4, -0.2) is 42.9 Å². The van der Waals surface area contributed by atoms with Gasteiger partial charge in [0.2, 0.25) is 0 Å². The highest BCUT2D eigenvalue weighted by Crippen LogP contribution is 2.27. The maximum absolute atomic E-state index is 12.3. The summed E-state index contributed by atoms with van der Waals surface area (Å²) >= 11 is 0. The van der Waals surface area contributed by atoms with Gasteiger partial charge in [0.25, 0.3) is 0 Å². The summed E-state index contributed by atoms with van der Waals surface area (Å²) in [5, 5.41) is 0. The summed E-state index contributed by atoms with van der Waals surface area (Å²) in [5.74, 6) is 0. The van der Waals surface area contributed by atoms with Crippen molar-refractivity contribution in [1.29, 1.82) is 0 Å². The molecule has 1 aromatic carbocycles. The summed E-state index contributed by atoms with van der Waals surface area (Å²) < 4.78 is 16.5. The van der Waals surface area contributed by atoms with E-state index in [1.807, 2.05) is 32.9 Å². The first kappa shape index (κ1) is 17.0. The van der Waals surface area contributed by atoms with Crippen LogP contribution in [0.1, 0.15) is 44.6 Å². The van der Waals surface area contributed by atoms with E-state index in [1.165, 1.54) is 0 Å². The lowest BCUT2D eigenvalue weighted by atomic mass is 10.00. The summed E-state index contributed by atoms with van der Waals surface area (Å²) in [4.78, 5) is 14.0. The van der Waals surface area contributed by atoms with Gasteiger partial charge in [-0.1, -0.05) is 30.3 Å². The Labute approximate surface area is 143 Å². The molecule has 2 aliphatic rings. The SMILES string of the molecule is CC(C)(C)OC(=O)N1CCC=C(c2ccc(C3OCCO3)cc2)C1. The van der Waals surface area contributed by atoms with Gasteiger partial charge in [-0.05, 0) is 38.3 Å². The standard InChI is InChI=1S/C19H25NO4/c1-19(2,3)24-18(21)20-10-4-5-16(13-20)14-6-8-15(9-7-14)17-22-11-12-23-17/h5-9,17H,4,10-13H2,1-3H3. The van der Waals surface area contributed by atoms with Crippen molar-refractivity contribution in [2.45, 2.75) is 39.1 Å². The number of nitrogens with zero attached hydrogens (tertiary/aromatic N) is 1. The number of hydrogen-bond donors (Lipinski definition) is 0. The van der Waals surface area contributed by atoms with Crippen LogP contribution in [0.15, 0.2) is 30.3 Å². The van der Waals surface area contributed by atoms with Gasteiger partial charge in [-0.2, -0.15) is 0 Å². The molecule has 2 heterocycles. The zero-order valence-corrected chi connectivity index (χ0v) is 14.6. The van der Waals surface area contributed by atoms with E-state index in [4.69, 9.17) is 14.2 Å². The minimum Gasteiger partial charge on any atom is -0.444 e. The van der Waals surface area contributed by atoms with E-state index in [0.29, 0.717) is 26.3 Å². The van der Waals surface area contributed by atoms with Crippen molar-refractivity contribution in [3.8, 4) is 0 Å². The number of amides is 1. The van der Waals surface area contributed by atoms with E-state index in [1.54, 1.807) is 4.90 Å². The number of ether oxygens (including phenoxy) is 3.